The molecule has 1 fully saturated rings. The molecule has 7 heteroatoms. The van der Waals surface area contributed by atoms with Crippen molar-refractivity contribution in [3.63, 3.8) is 0 Å². The first-order chi connectivity index (χ1) is 14.7. The fourth-order valence-corrected chi connectivity index (χ4v) is 3.82. The summed E-state index contributed by atoms with van der Waals surface area (Å²) in [5.74, 6) is 0.989. The number of carbonyl (C=O) groups excluding carboxylic acids is 1. The Morgan fingerprint density at radius 2 is 1.97 bits per heavy atom. The molecule has 0 N–H and O–H groups in total. The molecule has 2 heterocycles. The van der Waals surface area contributed by atoms with Gasteiger partial charge >= 0.3 is 0 Å². The number of amides is 1. The summed E-state index contributed by atoms with van der Waals surface area (Å²) in [6.07, 6.45) is 5.69. The molecule has 1 aliphatic heterocycles. The van der Waals surface area contributed by atoms with E-state index in [2.05, 4.69) is 25.8 Å². The summed E-state index contributed by atoms with van der Waals surface area (Å²) in [5.41, 5.74) is 1.11. The van der Waals surface area contributed by atoms with Crippen LogP contribution in [0.3, 0.4) is 0 Å². The van der Waals surface area contributed by atoms with E-state index >= 15 is 0 Å². The van der Waals surface area contributed by atoms with Gasteiger partial charge < -0.3 is 14.4 Å². The summed E-state index contributed by atoms with van der Waals surface area (Å²) in [7, 11) is 0. The molecule has 0 aliphatic carbocycles. The minimum atomic E-state index is 0.173. The summed E-state index contributed by atoms with van der Waals surface area (Å²) in [4.78, 5) is 21.4. The monoisotopic (exact) mass is 475 g/mol. The van der Waals surface area contributed by atoms with Gasteiger partial charge in [0, 0.05) is 56.0 Å². The number of rotatable bonds is 11. The maximum absolute atomic E-state index is 12.9. The molecule has 0 spiro atoms. The largest absolute Gasteiger partial charge is 0.494 e. The van der Waals surface area contributed by atoms with Crippen molar-refractivity contribution in [3.8, 4) is 5.75 Å². The molecule has 0 bridgehead atoms. The number of morpholine rings is 1. The molecular weight excluding hydrogens is 446 g/mol. The van der Waals surface area contributed by atoms with Crippen LogP contribution in [0.4, 0.5) is 0 Å². The van der Waals surface area contributed by atoms with Crippen LogP contribution >= 0.6 is 15.9 Å². The Morgan fingerprint density at radius 1 is 1.17 bits per heavy atom. The molecule has 162 valence electrons. The lowest BCUT2D eigenvalue weighted by molar-refractivity contribution is -0.132. The lowest BCUT2D eigenvalue weighted by atomic mass is 10.2. The van der Waals surface area contributed by atoms with Crippen LogP contribution in [0.2, 0.25) is 0 Å². The van der Waals surface area contributed by atoms with Gasteiger partial charge in [-0.1, -0.05) is 22.0 Å². The molecule has 0 radical (unpaired) electrons. The Hall–Kier alpha value is -1.96. The van der Waals surface area contributed by atoms with Crippen molar-refractivity contribution in [2.45, 2.75) is 25.8 Å². The van der Waals surface area contributed by atoms with Crippen LogP contribution in [-0.4, -0.2) is 66.7 Å². The number of ether oxygens (including phenoxy) is 2. The van der Waals surface area contributed by atoms with E-state index in [1.807, 2.05) is 41.3 Å². The molecule has 0 saturated carbocycles. The number of aromatic nitrogens is 1. The number of carbonyl (C=O) groups is 1. The van der Waals surface area contributed by atoms with Crippen molar-refractivity contribution in [2.24, 2.45) is 0 Å². The van der Waals surface area contributed by atoms with Gasteiger partial charge in [0.05, 0.1) is 19.8 Å². The van der Waals surface area contributed by atoms with E-state index in [-0.39, 0.29) is 5.91 Å². The maximum Gasteiger partial charge on any atom is 0.222 e. The van der Waals surface area contributed by atoms with Crippen LogP contribution in [0.15, 0.2) is 53.3 Å². The zero-order valence-corrected chi connectivity index (χ0v) is 18.9. The molecule has 30 heavy (non-hydrogen) atoms. The number of hydrogen-bond acceptors (Lipinski definition) is 5. The average molecular weight is 476 g/mol. The zero-order valence-electron chi connectivity index (χ0n) is 17.3. The molecule has 1 aliphatic rings. The van der Waals surface area contributed by atoms with Crippen LogP contribution in [0, 0.1) is 0 Å². The van der Waals surface area contributed by atoms with Gasteiger partial charge in [-0.25, -0.2) is 0 Å². The van der Waals surface area contributed by atoms with E-state index in [0.29, 0.717) is 26.0 Å². The molecule has 2 aromatic rings. The van der Waals surface area contributed by atoms with E-state index in [1.54, 1.807) is 12.4 Å². The van der Waals surface area contributed by atoms with Crippen molar-refractivity contribution >= 4 is 21.8 Å². The normalized spacial score (nSPS) is 14.4. The minimum Gasteiger partial charge on any atom is -0.494 e. The molecule has 3 rings (SSSR count). The van der Waals surface area contributed by atoms with Gasteiger partial charge in [-0.2, -0.15) is 0 Å². The van der Waals surface area contributed by atoms with Crippen molar-refractivity contribution in [1.82, 2.24) is 14.8 Å². The standard InChI is InChI=1S/C23H30BrN3O3/c24-21-4-1-5-22(18-21)30-15-2-6-23(28)27(19-20-7-9-25-10-8-20)12-3-11-26-13-16-29-17-14-26/h1,4-5,7-10,18H,2-3,6,11-17,19H2. The van der Waals surface area contributed by atoms with Crippen molar-refractivity contribution in [3.05, 3.63) is 58.8 Å². The first kappa shape index (κ1) is 22.7. The predicted octanol–water partition coefficient (Wildman–Crippen LogP) is 3.75. The molecule has 1 amide bonds. The van der Waals surface area contributed by atoms with Crippen LogP contribution in [0.1, 0.15) is 24.8 Å². The Balaban J connectivity index is 1.46. The quantitative estimate of drug-likeness (QED) is 0.463. The lowest BCUT2D eigenvalue weighted by Gasteiger charge is -2.28. The third-order valence-corrected chi connectivity index (χ3v) is 5.57. The third-order valence-electron chi connectivity index (χ3n) is 5.08. The van der Waals surface area contributed by atoms with Crippen LogP contribution in [0.25, 0.3) is 0 Å². The molecule has 0 atom stereocenters. The summed E-state index contributed by atoms with van der Waals surface area (Å²) in [5, 5.41) is 0. The van der Waals surface area contributed by atoms with E-state index in [4.69, 9.17) is 9.47 Å². The maximum atomic E-state index is 12.9. The lowest BCUT2D eigenvalue weighted by Crippen LogP contribution is -2.39. The highest BCUT2D eigenvalue weighted by atomic mass is 79.9. The van der Waals surface area contributed by atoms with Crippen LogP contribution in [0.5, 0.6) is 5.75 Å². The fraction of sp³-hybridized carbons (Fsp3) is 0.478. The van der Waals surface area contributed by atoms with Gasteiger partial charge in [0.1, 0.15) is 5.75 Å². The summed E-state index contributed by atoms with van der Waals surface area (Å²) >= 11 is 3.44. The SMILES string of the molecule is O=C(CCCOc1cccc(Br)c1)N(CCCN1CCOCC1)Cc1ccncc1. The van der Waals surface area contributed by atoms with Gasteiger partial charge in [-0.3, -0.25) is 14.7 Å². The van der Waals surface area contributed by atoms with Crippen molar-refractivity contribution in [1.29, 1.82) is 0 Å². The Kier molecular flexibility index (Phi) is 9.60. The molecule has 1 saturated heterocycles. The summed E-state index contributed by atoms with van der Waals surface area (Å²) in [6.45, 7) is 6.46. The van der Waals surface area contributed by atoms with E-state index in [1.165, 1.54) is 0 Å². The highest BCUT2D eigenvalue weighted by molar-refractivity contribution is 9.10. The van der Waals surface area contributed by atoms with E-state index < -0.39 is 0 Å². The summed E-state index contributed by atoms with van der Waals surface area (Å²) in [6, 6.07) is 11.7. The Bertz CT molecular complexity index is 769. The highest BCUT2D eigenvalue weighted by Gasteiger charge is 2.16. The van der Waals surface area contributed by atoms with Gasteiger partial charge in [-0.05, 0) is 48.7 Å². The second-order valence-corrected chi connectivity index (χ2v) is 8.30. The Labute approximate surface area is 187 Å². The topological polar surface area (TPSA) is 54.9 Å². The zero-order chi connectivity index (χ0) is 21.0. The fourth-order valence-electron chi connectivity index (χ4n) is 3.44. The van der Waals surface area contributed by atoms with Crippen LogP contribution < -0.4 is 4.74 Å². The second-order valence-electron chi connectivity index (χ2n) is 7.39. The molecule has 1 aromatic carbocycles. The van der Waals surface area contributed by atoms with Crippen LogP contribution in [-0.2, 0) is 16.1 Å². The minimum absolute atomic E-state index is 0.173. The van der Waals surface area contributed by atoms with Crippen molar-refractivity contribution in [2.75, 3.05) is 46.0 Å². The van der Waals surface area contributed by atoms with E-state index in [9.17, 15) is 4.79 Å². The number of nitrogens with zero attached hydrogens (tertiary/aromatic N) is 3. The summed E-state index contributed by atoms with van der Waals surface area (Å²) < 4.78 is 12.2. The molecule has 6 nitrogen and oxygen atoms in total. The number of halogens is 1. The first-order valence-electron chi connectivity index (χ1n) is 10.6. The molecule has 0 unspecified atom stereocenters. The number of benzene rings is 1. The highest BCUT2D eigenvalue weighted by Crippen LogP contribution is 2.18. The number of pyridine rings is 1. The van der Waals surface area contributed by atoms with Gasteiger partial charge in [-0.15, -0.1) is 0 Å². The van der Waals surface area contributed by atoms with Crippen molar-refractivity contribution < 1.29 is 14.3 Å². The Morgan fingerprint density at radius 3 is 2.73 bits per heavy atom. The number of hydrogen-bond donors (Lipinski definition) is 0. The first-order valence-corrected chi connectivity index (χ1v) is 11.3. The smallest absolute Gasteiger partial charge is 0.222 e. The van der Waals surface area contributed by atoms with Gasteiger partial charge in [0.25, 0.3) is 0 Å². The molecule has 1 aromatic heterocycles. The predicted molar refractivity (Wildman–Crippen MR) is 120 cm³/mol. The van der Waals surface area contributed by atoms with Gasteiger partial charge in [0.2, 0.25) is 5.91 Å². The third kappa shape index (κ3) is 8.05. The second kappa shape index (κ2) is 12.7. The average Bonchev–Trinajstić information content (AvgIpc) is 2.77. The molecular formula is C23H30BrN3O3. The van der Waals surface area contributed by atoms with E-state index in [0.717, 1.165) is 61.6 Å². The van der Waals surface area contributed by atoms with Gasteiger partial charge in [0.15, 0.2) is 0 Å².